The minimum absolute atomic E-state index is 0.0124. The van der Waals surface area contributed by atoms with Crippen LogP contribution in [-0.2, 0) is 14.4 Å². The molecule has 0 atom stereocenters. The van der Waals surface area contributed by atoms with Crippen molar-refractivity contribution in [3.05, 3.63) is 36.6 Å². The van der Waals surface area contributed by atoms with Crippen LogP contribution in [-0.4, -0.2) is 33.9 Å². The number of nitrogens with two attached hydrogens (primary N) is 1. The van der Waals surface area contributed by atoms with E-state index in [-0.39, 0.29) is 24.0 Å². The highest BCUT2D eigenvalue weighted by Crippen LogP contribution is 2.32. The number of carboxylic acids is 1. The third kappa shape index (κ3) is 4.73. The Hall–Kier alpha value is -2.14. The molecule has 2 aromatic rings. The molecule has 8 nitrogen and oxygen atoms in total. The number of rotatable bonds is 3. The van der Waals surface area contributed by atoms with Gasteiger partial charge >= 0.3 is 11.9 Å². The molecule has 3 N–H and O–H groups in total. The van der Waals surface area contributed by atoms with Crippen molar-refractivity contribution in [2.45, 2.75) is 12.8 Å². The molecule has 1 aliphatic heterocycles. The predicted octanol–water partition coefficient (Wildman–Crippen LogP) is 3.30. The second-order valence-corrected chi connectivity index (χ2v) is 7.77. The van der Waals surface area contributed by atoms with Crippen LogP contribution in [0.15, 0.2) is 16.8 Å². The summed E-state index contributed by atoms with van der Waals surface area (Å²) in [5.41, 5.74) is 5.49. The van der Waals surface area contributed by atoms with Crippen molar-refractivity contribution in [3.8, 4) is 0 Å². The molecule has 2 amide bonds. The van der Waals surface area contributed by atoms with E-state index >= 15 is 0 Å². The molecular weight excluding hydrogens is 427 g/mol. The summed E-state index contributed by atoms with van der Waals surface area (Å²) in [6, 6.07) is 1.63. The van der Waals surface area contributed by atoms with Crippen LogP contribution in [0, 0.1) is 0 Å². The number of nitrogen functional groups attached to an aromatic ring is 1. The molecular formula is C14H10Cl2N2O6S2. The van der Waals surface area contributed by atoms with E-state index < -0.39 is 23.8 Å². The molecule has 0 spiro atoms. The predicted molar refractivity (Wildman–Crippen MR) is 96.5 cm³/mol. The minimum atomic E-state index is -1.28. The van der Waals surface area contributed by atoms with Crippen molar-refractivity contribution in [3.63, 3.8) is 0 Å². The maximum absolute atomic E-state index is 11.7. The van der Waals surface area contributed by atoms with Gasteiger partial charge in [0.25, 0.3) is 11.8 Å². The molecule has 3 heterocycles. The van der Waals surface area contributed by atoms with Gasteiger partial charge in [0.15, 0.2) is 0 Å². The highest BCUT2D eigenvalue weighted by atomic mass is 35.5. The lowest BCUT2D eigenvalue weighted by molar-refractivity contribution is -0.172. The second kappa shape index (κ2) is 8.49. The number of carbonyl (C=O) groups excluding carboxylic acids is 3. The van der Waals surface area contributed by atoms with Crippen LogP contribution in [0.2, 0.25) is 8.67 Å². The number of nitrogens with zero attached hydrogens (tertiary/aromatic N) is 1. The van der Waals surface area contributed by atoms with Gasteiger partial charge in [-0.15, -0.1) is 16.4 Å². The van der Waals surface area contributed by atoms with E-state index in [1.807, 2.05) is 0 Å². The number of hydrogen-bond donors (Lipinski definition) is 2. The summed E-state index contributed by atoms with van der Waals surface area (Å²) in [5, 5.41) is 11.8. The molecule has 26 heavy (non-hydrogen) atoms. The molecule has 1 saturated heterocycles. The molecule has 0 saturated carbocycles. The SMILES string of the molecule is Nc1cc(Cl)sc1Cl.O=C(O)c1cscc1C(=O)ON1C(=O)CCC1=O. The number of amides is 2. The lowest BCUT2D eigenvalue weighted by atomic mass is 10.2. The zero-order chi connectivity index (χ0) is 19.4. The monoisotopic (exact) mass is 436 g/mol. The molecule has 3 rings (SSSR count). The fraction of sp³-hybridized carbons (Fsp3) is 0.143. The Morgan fingerprint density at radius 1 is 1.15 bits per heavy atom. The Morgan fingerprint density at radius 3 is 2.15 bits per heavy atom. The third-order valence-electron chi connectivity index (χ3n) is 2.98. The number of carbonyl (C=O) groups is 4. The van der Waals surface area contributed by atoms with Crippen molar-refractivity contribution < 1.29 is 29.1 Å². The fourth-order valence-corrected chi connectivity index (χ4v) is 3.86. The highest BCUT2D eigenvalue weighted by molar-refractivity contribution is 7.20. The van der Waals surface area contributed by atoms with Gasteiger partial charge in [-0.25, -0.2) is 9.59 Å². The van der Waals surface area contributed by atoms with E-state index in [1.165, 1.54) is 22.1 Å². The Balaban J connectivity index is 0.000000254. The van der Waals surface area contributed by atoms with Crippen molar-refractivity contribution in [2.24, 2.45) is 0 Å². The zero-order valence-electron chi connectivity index (χ0n) is 12.7. The molecule has 0 radical (unpaired) electrons. The molecule has 12 heteroatoms. The normalized spacial score (nSPS) is 13.4. The first kappa shape index (κ1) is 20.2. The number of aromatic carboxylic acids is 1. The second-order valence-electron chi connectivity index (χ2n) is 4.74. The van der Waals surface area contributed by atoms with Gasteiger partial charge in [0.05, 0.1) is 21.2 Å². The third-order valence-corrected chi connectivity index (χ3v) is 5.24. The Labute approximate surface area is 164 Å². The zero-order valence-corrected chi connectivity index (χ0v) is 15.9. The van der Waals surface area contributed by atoms with Crippen molar-refractivity contribution >= 4 is 75.3 Å². The summed E-state index contributed by atoms with van der Waals surface area (Å²) in [5.74, 6) is -3.53. The van der Waals surface area contributed by atoms with Crippen LogP contribution < -0.4 is 5.73 Å². The van der Waals surface area contributed by atoms with E-state index in [9.17, 15) is 19.2 Å². The molecule has 1 fully saturated rings. The topological polar surface area (TPSA) is 127 Å². The van der Waals surface area contributed by atoms with E-state index in [0.29, 0.717) is 19.4 Å². The minimum Gasteiger partial charge on any atom is -0.478 e. The highest BCUT2D eigenvalue weighted by Gasteiger charge is 2.34. The van der Waals surface area contributed by atoms with Crippen LogP contribution in [0.5, 0.6) is 0 Å². The van der Waals surface area contributed by atoms with Gasteiger partial charge in [0.2, 0.25) is 0 Å². The number of imide groups is 1. The van der Waals surface area contributed by atoms with E-state index in [0.717, 1.165) is 11.3 Å². The first-order chi connectivity index (χ1) is 12.2. The molecule has 0 aromatic carbocycles. The van der Waals surface area contributed by atoms with Crippen molar-refractivity contribution in [1.82, 2.24) is 5.06 Å². The number of hydrogen-bond acceptors (Lipinski definition) is 8. The van der Waals surface area contributed by atoms with Crippen molar-refractivity contribution in [2.75, 3.05) is 5.73 Å². The summed E-state index contributed by atoms with van der Waals surface area (Å²) >= 11 is 13.3. The summed E-state index contributed by atoms with van der Waals surface area (Å²) in [7, 11) is 0. The van der Waals surface area contributed by atoms with Gasteiger partial charge in [0.1, 0.15) is 4.34 Å². The summed E-state index contributed by atoms with van der Waals surface area (Å²) in [4.78, 5) is 49.5. The maximum atomic E-state index is 11.7. The van der Waals surface area contributed by atoms with E-state index in [1.54, 1.807) is 6.07 Å². The maximum Gasteiger partial charge on any atom is 0.365 e. The number of hydroxylamine groups is 2. The van der Waals surface area contributed by atoms with Gasteiger partial charge in [-0.05, 0) is 6.07 Å². The first-order valence-electron chi connectivity index (χ1n) is 6.78. The van der Waals surface area contributed by atoms with Gasteiger partial charge in [-0.1, -0.05) is 23.2 Å². The number of thiophene rings is 2. The molecule has 2 aromatic heterocycles. The Kier molecular flexibility index (Phi) is 6.59. The quantitative estimate of drug-likeness (QED) is 0.706. The van der Waals surface area contributed by atoms with Gasteiger partial charge < -0.3 is 15.7 Å². The molecule has 0 bridgehead atoms. The van der Waals surface area contributed by atoms with E-state index in [2.05, 4.69) is 4.84 Å². The Bertz CT molecular complexity index is 843. The molecule has 138 valence electrons. The van der Waals surface area contributed by atoms with Crippen LogP contribution in [0.3, 0.4) is 0 Å². The van der Waals surface area contributed by atoms with Gasteiger partial charge in [0, 0.05) is 23.6 Å². The first-order valence-corrected chi connectivity index (χ1v) is 9.30. The average molecular weight is 437 g/mol. The summed E-state index contributed by atoms with van der Waals surface area (Å²) in [6.45, 7) is 0. The fourth-order valence-electron chi connectivity index (χ4n) is 1.76. The standard InChI is InChI=1S/C10H7NO6S.C4H3Cl2NS/c12-7-1-2-8(13)11(7)17-10(16)6-4-18-3-5(6)9(14)15;5-3-1-2(7)4(6)8-3/h3-4H,1-2H2,(H,14,15);1H,7H2. The van der Waals surface area contributed by atoms with Gasteiger partial charge in [-0.3, -0.25) is 9.59 Å². The number of halogens is 2. The van der Waals surface area contributed by atoms with Crippen LogP contribution in [0.25, 0.3) is 0 Å². The average Bonchev–Trinajstić information content (AvgIpc) is 3.24. The largest absolute Gasteiger partial charge is 0.478 e. The van der Waals surface area contributed by atoms with Crippen LogP contribution in [0.4, 0.5) is 5.69 Å². The summed E-state index contributed by atoms with van der Waals surface area (Å²) in [6.07, 6.45) is -0.0247. The Morgan fingerprint density at radius 2 is 1.73 bits per heavy atom. The number of anilines is 1. The van der Waals surface area contributed by atoms with E-state index in [4.69, 9.17) is 34.0 Å². The summed E-state index contributed by atoms with van der Waals surface area (Å²) < 4.78 is 1.20. The molecule has 0 aliphatic carbocycles. The molecule has 0 unspecified atom stereocenters. The van der Waals surface area contributed by atoms with Crippen LogP contribution >= 0.6 is 45.9 Å². The lowest BCUT2D eigenvalue weighted by Gasteiger charge is -2.12. The lowest BCUT2D eigenvalue weighted by Crippen LogP contribution is -2.32. The smallest absolute Gasteiger partial charge is 0.365 e. The molecule has 1 aliphatic rings. The van der Waals surface area contributed by atoms with Gasteiger partial charge in [-0.2, -0.15) is 11.3 Å². The number of carboxylic acid groups (broad SMARTS) is 1. The van der Waals surface area contributed by atoms with Crippen LogP contribution in [0.1, 0.15) is 33.6 Å². The van der Waals surface area contributed by atoms with Crippen molar-refractivity contribution in [1.29, 1.82) is 0 Å².